The van der Waals surface area contributed by atoms with Gasteiger partial charge in [0.25, 0.3) is 0 Å². The molecule has 5 nitrogen and oxygen atoms in total. The van der Waals surface area contributed by atoms with E-state index in [0.717, 1.165) is 38.8 Å². The Morgan fingerprint density at radius 1 is 1.43 bits per heavy atom. The maximum absolute atomic E-state index is 12.9. The third-order valence-corrected chi connectivity index (χ3v) is 5.39. The number of amides is 1. The molecular weight excluding hydrogens is 268 g/mol. The van der Waals surface area contributed by atoms with Gasteiger partial charge in [0.05, 0.1) is 11.5 Å². The minimum Gasteiger partial charge on any atom is -0.381 e. The van der Waals surface area contributed by atoms with E-state index in [1.165, 1.54) is 0 Å². The van der Waals surface area contributed by atoms with Gasteiger partial charge >= 0.3 is 0 Å². The van der Waals surface area contributed by atoms with Gasteiger partial charge in [-0.15, -0.1) is 0 Å². The number of carbonyl (C=O) groups excluding carboxylic acids is 1. The summed E-state index contributed by atoms with van der Waals surface area (Å²) in [7, 11) is 5.83. The summed E-state index contributed by atoms with van der Waals surface area (Å²) in [6, 6.07) is 0.401. The Bertz CT molecular complexity index is 355. The molecule has 2 saturated heterocycles. The van der Waals surface area contributed by atoms with Gasteiger partial charge in [-0.1, -0.05) is 6.92 Å². The van der Waals surface area contributed by atoms with Crippen LogP contribution in [0.25, 0.3) is 0 Å². The van der Waals surface area contributed by atoms with Crippen molar-refractivity contribution in [2.75, 3.05) is 47.5 Å². The molecule has 0 spiro atoms. The molecule has 0 aromatic rings. The Labute approximate surface area is 128 Å². The monoisotopic (exact) mass is 298 g/mol. The van der Waals surface area contributed by atoms with Gasteiger partial charge in [0, 0.05) is 46.5 Å². The number of nitrogens with zero attached hydrogens (tertiary/aromatic N) is 2. The lowest BCUT2D eigenvalue weighted by Gasteiger charge is -2.39. The molecule has 2 atom stereocenters. The second-order valence-electron chi connectivity index (χ2n) is 6.62. The first-order chi connectivity index (χ1) is 10.0. The van der Waals surface area contributed by atoms with E-state index in [2.05, 4.69) is 18.9 Å². The fourth-order valence-corrected chi connectivity index (χ4v) is 3.70. The molecule has 2 aliphatic rings. The van der Waals surface area contributed by atoms with Crippen LogP contribution in [-0.2, 0) is 14.3 Å². The molecular formula is C16H30N2O3. The van der Waals surface area contributed by atoms with Crippen LogP contribution in [0.2, 0.25) is 0 Å². The lowest BCUT2D eigenvalue weighted by Crippen LogP contribution is -2.48. The van der Waals surface area contributed by atoms with E-state index in [4.69, 9.17) is 9.47 Å². The van der Waals surface area contributed by atoms with Gasteiger partial charge in [0.15, 0.2) is 0 Å². The molecule has 21 heavy (non-hydrogen) atoms. The molecule has 0 unspecified atom stereocenters. The summed E-state index contributed by atoms with van der Waals surface area (Å²) < 4.78 is 10.9. The van der Waals surface area contributed by atoms with Crippen LogP contribution >= 0.6 is 0 Å². The van der Waals surface area contributed by atoms with Crippen molar-refractivity contribution in [3.63, 3.8) is 0 Å². The first-order valence-electron chi connectivity index (χ1n) is 8.08. The topological polar surface area (TPSA) is 42.0 Å². The van der Waals surface area contributed by atoms with E-state index in [-0.39, 0.29) is 5.41 Å². The van der Waals surface area contributed by atoms with Crippen LogP contribution in [0.5, 0.6) is 0 Å². The van der Waals surface area contributed by atoms with Crippen molar-refractivity contribution in [1.82, 2.24) is 9.80 Å². The molecule has 0 aliphatic carbocycles. The molecule has 0 N–H and O–H groups in total. The quantitative estimate of drug-likeness (QED) is 0.769. The van der Waals surface area contributed by atoms with E-state index in [1.807, 2.05) is 11.9 Å². The van der Waals surface area contributed by atoms with Crippen molar-refractivity contribution in [3.8, 4) is 0 Å². The number of hydrogen-bond donors (Lipinski definition) is 0. The third-order valence-electron chi connectivity index (χ3n) is 5.39. The van der Waals surface area contributed by atoms with Gasteiger partial charge < -0.3 is 14.4 Å². The summed E-state index contributed by atoms with van der Waals surface area (Å²) in [5.41, 5.74) is -0.204. The molecule has 2 heterocycles. The van der Waals surface area contributed by atoms with Crippen molar-refractivity contribution < 1.29 is 14.3 Å². The van der Waals surface area contributed by atoms with Crippen LogP contribution in [0.1, 0.15) is 32.6 Å². The molecule has 2 aliphatic heterocycles. The second kappa shape index (κ2) is 7.07. The SMILES string of the molecule is CCC1(C(=O)N(C)C[C@@H]2C[C@H](OC)CN2C)CCOCC1. The summed E-state index contributed by atoms with van der Waals surface area (Å²) in [5, 5.41) is 0. The van der Waals surface area contributed by atoms with Gasteiger partial charge in [-0.05, 0) is 32.7 Å². The maximum Gasteiger partial charge on any atom is 0.228 e. The molecule has 0 aromatic heterocycles. The zero-order chi connectivity index (χ0) is 15.5. The van der Waals surface area contributed by atoms with Crippen molar-refractivity contribution >= 4 is 5.91 Å². The molecule has 0 bridgehead atoms. The fourth-order valence-electron chi connectivity index (χ4n) is 3.70. The van der Waals surface area contributed by atoms with Crippen LogP contribution in [0.4, 0.5) is 0 Å². The normalized spacial score (nSPS) is 29.5. The van der Waals surface area contributed by atoms with Gasteiger partial charge in [-0.25, -0.2) is 0 Å². The Balaban J connectivity index is 1.95. The lowest BCUT2D eigenvalue weighted by atomic mass is 9.76. The van der Waals surface area contributed by atoms with Crippen molar-refractivity contribution in [3.05, 3.63) is 0 Å². The largest absolute Gasteiger partial charge is 0.381 e. The van der Waals surface area contributed by atoms with E-state index in [1.54, 1.807) is 7.11 Å². The van der Waals surface area contributed by atoms with Crippen molar-refractivity contribution in [2.24, 2.45) is 5.41 Å². The lowest BCUT2D eigenvalue weighted by molar-refractivity contribution is -0.147. The standard InChI is InChI=1S/C16H30N2O3/c1-5-16(6-8-21-9-7-16)15(19)18(3)11-13-10-14(20-4)12-17(13)2/h13-14H,5-12H2,1-4H3/t13-,14-/m0/s1. The Morgan fingerprint density at radius 2 is 2.10 bits per heavy atom. The highest BCUT2D eigenvalue weighted by Gasteiger charge is 2.41. The Hall–Kier alpha value is -0.650. The van der Waals surface area contributed by atoms with E-state index in [0.29, 0.717) is 31.3 Å². The van der Waals surface area contributed by atoms with Crippen LogP contribution in [0, 0.1) is 5.41 Å². The smallest absolute Gasteiger partial charge is 0.228 e. The molecule has 0 radical (unpaired) electrons. The molecule has 0 aromatic carbocycles. The number of ether oxygens (including phenoxy) is 2. The maximum atomic E-state index is 12.9. The van der Waals surface area contributed by atoms with Crippen LogP contribution in [-0.4, -0.2) is 75.4 Å². The first kappa shape index (κ1) is 16.7. The number of likely N-dealkylation sites (N-methyl/N-ethyl adjacent to an activating group) is 2. The van der Waals surface area contributed by atoms with Crippen LogP contribution in [0.15, 0.2) is 0 Å². The van der Waals surface area contributed by atoms with Gasteiger partial charge in [0.1, 0.15) is 0 Å². The number of rotatable bonds is 5. The van der Waals surface area contributed by atoms with E-state index in [9.17, 15) is 4.79 Å². The first-order valence-corrected chi connectivity index (χ1v) is 8.08. The summed E-state index contributed by atoms with van der Waals surface area (Å²) in [4.78, 5) is 17.2. The Morgan fingerprint density at radius 3 is 2.62 bits per heavy atom. The van der Waals surface area contributed by atoms with Gasteiger partial charge in [-0.3, -0.25) is 9.69 Å². The predicted octanol–water partition coefficient (Wildman–Crippen LogP) is 1.37. The molecule has 2 rings (SSSR count). The number of methoxy groups -OCH3 is 1. The van der Waals surface area contributed by atoms with Gasteiger partial charge in [0.2, 0.25) is 5.91 Å². The van der Waals surface area contributed by atoms with Crippen LogP contribution in [0.3, 0.4) is 0 Å². The minimum absolute atomic E-state index is 0.204. The minimum atomic E-state index is -0.204. The zero-order valence-electron chi connectivity index (χ0n) is 13.9. The van der Waals surface area contributed by atoms with Crippen molar-refractivity contribution in [1.29, 1.82) is 0 Å². The zero-order valence-corrected chi connectivity index (χ0v) is 13.9. The highest BCUT2D eigenvalue weighted by molar-refractivity contribution is 5.82. The summed E-state index contributed by atoms with van der Waals surface area (Å²) in [6.45, 7) is 5.29. The predicted molar refractivity (Wildman–Crippen MR) is 82.2 cm³/mol. The number of likely N-dealkylation sites (tertiary alicyclic amines) is 1. The summed E-state index contributed by atoms with van der Waals surface area (Å²) in [6.07, 6.45) is 3.92. The van der Waals surface area contributed by atoms with Crippen LogP contribution < -0.4 is 0 Å². The van der Waals surface area contributed by atoms with Gasteiger partial charge in [-0.2, -0.15) is 0 Å². The molecule has 1 amide bonds. The summed E-state index contributed by atoms with van der Waals surface area (Å²) >= 11 is 0. The van der Waals surface area contributed by atoms with Crippen molar-refractivity contribution in [2.45, 2.75) is 44.8 Å². The highest BCUT2D eigenvalue weighted by atomic mass is 16.5. The number of carbonyl (C=O) groups is 1. The van der Waals surface area contributed by atoms with E-state index < -0.39 is 0 Å². The summed E-state index contributed by atoms with van der Waals surface area (Å²) in [5.74, 6) is 0.294. The molecule has 0 saturated carbocycles. The van der Waals surface area contributed by atoms with E-state index >= 15 is 0 Å². The average molecular weight is 298 g/mol. The average Bonchev–Trinajstić information content (AvgIpc) is 2.87. The highest BCUT2D eigenvalue weighted by Crippen LogP contribution is 2.36. The fraction of sp³-hybridized carbons (Fsp3) is 0.938. The second-order valence-corrected chi connectivity index (χ2v) is 6.62. The molecule has 2 fully saturated rings. The third kappa shape index (κ3) is 3.58. The number of hydrogen-bond acceptors (Lipinski definition) is 4. The Kier molecular flexibility index (Phi) is 5.63. The molecule has 5 heteroatoms. The molecule has 122 valence electrons.